The summed E-state index contributed by atoms with van der Waals surface area (Å²) < 4.78 is 29.2. The normalized spacial score (nSPS) is 12.8. The molecular formula is C23H20N2O4S2. The van der Waals surface area contributed by atoms with E-state index < -0.39 is 22.0 Å². The van der Waals surface area contributed by atoms with Gasteiger partial charge in [-0.1, -0.05) is 42.5 Å². The molecule has 8 heteroatoms. The third-order valence-corrected chi connectivity index (χ3v) is 7.57. The molecule has 0 spiro atoms. The number of aromatic nitrogens is 1. The minimum atomic E-state index is -3.99. The Balaban J connectivity index is 1.75. The summed E-state index contributed by atoms with van der Waals surface area (Å²) in [5.41, 5.74) is 1.62. The Morgan fingerprint density at radius 2 is 1.84 bits per heavy atom. The summed E-state index contributed by atoms with van der Waals surface area (Å²) in [4.78, 5) is 16.3. The van der Waals surface area contributed by atoms with Crippen LogP contribution in [-0.2, 0) is 27.1 Å². The number of carboxylic acids is 1. The number of carboxylic acid groups (broad SMARTS) is 1. The average Bonchev–Trinajstić information content (AvgIpc) is 3.22. The van der Waals surface area contributed by atoms with Gasteiger partial charge in [-0.05, 0) is 51.7 Å². The Hall–Kier alpha value is -3.07. The molecule has 0 aliphatic carbocycles. The SMILES string of the molecule is O=C(O)[C@@H](c1ccccc1)N(Cc1cccnc1)S(=O)(=O)Cc1ccc2sccc2c1. The lowest BCUT2D eigenvalue weighted by Gasteiger charge is -2.28. The Morgan fingerprint density at radius 3 is 2.55 bits per heavy atom. The highest BCUT2D eigenvalue weighted by Gasteiger charge is 2.36. The van der Waals surface area contributed by atoms with Crippen molar-refractivity contribution in [2.24, 2.45) is 0 Å². The number of pyridine rings is 1. The molecule has 0 saturated heterocycles. The molecule has 2 heterocycles. The molecule has 0 bridgehead atoms. The summed E-state index contributed by atoms with van der Waals surface area (Å²) in [6.45, 7) is -0.0945. The number of aliphatic carboxylic acids is 1. The molecule has 2 aromatic carbocycles. The number of hydrogen-bond acceptors (Lipinski definition) is 5. The smallest absolute Gasteiger partial charge is 0.326 e. The number of thiophene rings is 1. The van der Waals surface area contributed by atoms with Crippen LogP contribution in [-0.4, -0.2) is 28.8 Å². The van der Waals surface area contributed by atoms with E-state index >= 15 is 0 Å². The van der Waals surface area contributed by atoms with Crippen molar-refractivity contribution in [3.05, 3.63) is 101 Å². The lowest BCUT2D eigenvalue weighted by molar-refractivity contribution is -0.141. The maximum Gasteiger partial charge on any atom is 0.326 e. The van der Waals surface area contributed by atoms with Crippen molar-refractivity contribution in [2.75, 3.05) is 0 Å². The van der Waals surface area contributed by atoms with Crippen molar-refractivity contribution in [1.29, 1.82) is 0 Å². The van der Waals surface area contributed by atoms with Gasteiger partial charge in [-0.2, -0.15) is 4.31 Å². The van der Waals surface area contributed by atoms with E-state index in [1.165, 1.54) is 0 Å². The molecule has 1 N–H and O–H groups in total. The summed E-state index contributed by atoms with van der Waals surface area (Å²) in [6.07, 6.45) is 3.13. The molecule has 4 aromatic rings. The topological polar surface area (TPSA) is 87.6 Å². The minimum absolute atomic E-state index is 0.0945. The van der Waals surface area contributed by atoms with Crippen LogP contribution in [0.1, 0.15) is 22.7 Å². The lowest BCUT2D eigenvalue weighted by Crippen LogP contribution is -2.39. The molecule has 4 rings (SSSR count). The van der Waals surface area contributed by atoms with Gasteiger partial charge < -0.3 is 5.11 Å². The zero-order valence-electron chi connectivity index (χ0n) is 16.5. The molecule has 0 saturated carbocycles. The Labute approximate surface area is 184 Å². The highest BCUT2D eigenvalue weighted by molar-refractivity contribution is 7.88. The van der Waals surface area contributed by atoms with Crippen LogP contribution in [0.3, 0.4) is 0 Å². The third kappa shape index (κ3) is 4.82. The summed E-state index contributed by atoms with van der Waals surface area (Å²) in [6, 6.07) is 17.9. The fourth-order valence-electron chi connectivity index (χ4n) is 3.49. The number of nitrogens with zero attached hydrogens (tertiary/aromatic N) is 2. The van der Waals surface area contributed by atoms with Crippen LogP contribution in [0.4, 0.5) is 0 Å². The molecular weight excluding hydrogens is 432 g/mol. The van der Waals surface area contributed by atoms with E-state index in [-0.39, 0.29) is 12.3 Å². The van der Waals surface area contributed by atoms with Crippen molar-refractivity contribution in [1.82, 2.24) is 9.29 Å². The van der Waals surface area contributed by atoms with Gasteiger partial charge in [-0.3, -0.25) is 9.78 Å². The second-order valence-electron chi connectivity index (χ2n) is 7.11. The van der Waals surface area contributed by atoms with Gasteiger partial charge in [0, 0.05) is 23.6 Å². The van der Waals surface area contributed by atoms with Crippen LogP contribution < -0.4 is 0 Å². The second-order valence-corrected chi connectivity index (χ2v) is 9.98. The minimum Gasteiger partial charge on any atom is -0.480 e. The van der Waals surface area contributed by atoms with E-state index in [9.17, 15) is 18.3 Å². The van der Waals surface area contributed by atoms with Gasteiger partial charge in [0.1, 0.15) is 6.04 Å². The van der Waals surface area contributed by atoms with Crippen molar-refractivity contribution in [3.8, 4) is 0 Å². The number of hydrogen-bond donors (Lipinski definition) is 1. The Morgan fingerprint density at radius 1 is 1.03 bits per heavy atom. The van der Waals surface area contributed by atoms with E-state index in [0.717, 1.165) is 14.4 Å². The summed E-state index contributed by atoms with van der Waals surface area (Å²) in [5.74, 6) is -1.53. The molecule has 2 aromatic heterocycles. The van der Waals surface area contributed by atoms with Crippen molar-refractivity contribution < 1.29 is 18.3 Å². The van der Waals surface area contributed by atoms with E-state index in [4.69, 9.17) is 0 Å². The van der Waals surface area contributed by atoms with E-state index in [1.807, 2.05) is 23.6 Å². The standard InChI is InChI=1S/C23H20N2O4S2/c26-23(27)22(19-6-2-1-3-7-19)25(15-18-5-4-11-24-14-18)31(28,29)16-17-8-9-21-20(13-17)10-12-30-21/h1-14,22H,15-16H2,(H,26,27)/t22-/m1/s1. The van der Waals surface area contributed by atoms with Gasteiger partial charge in [-0.25, -0.2) is 8.42 Å². The van der Waals surface area contributed by atoms with E-state index in [2.05, 4.69) is 4.98 Å². The molecule has 0 unspecified atom stereocenters. The Kier molecular flexibility index (Phi) is 6.13. The first-order valence-corrected chi connectivity index (χ1v) is 12.1. The number of rotatable bonds is 8. The third-order valence-electron chi connectivity index (χ3n) is 4.92. The van der Waals surface area contributed by atoms with Crippen LogP contribution in [0.25, 0.3) is 10.1 Å². The monoisotopic (exact) mass is 452 g/mol. The lowest BCUT2D eigenvalue weighted by atomic mass is 10.1. The zero-order chi connectivity index (χ0) is 21.8. The summed E-state index contributed by atoms with van der Waals surface area (Å²) in [5, 5.41) is 12.9. The quantitative estimate of drug-likeness (QED) is 0.427. The molecule has 0 radical (unpaired) electrons. The molecule has 0 aliphatic heterocycles. The number of fused-ring (bicyclic) bond motifs is 1. The van der Waals surface area contributed by atoms with Crippen molar-refractivity contribution in [3.63, 3.8) is 0 Å². The van der Waals surface area contributed by atoms with Crippen LogP contribution in [0.5, 0.6) is 0 Å². The van der Waals surface area contributed by atoms with Gasteiger partial charge in [-0.15, -0.1) is 11.3 Å². The maximum absolute atomic E-state index is 13.5. The van der Waals surface area contributed by atoms with Gasteiger partial charge in [0.2, 0.25) is 10.0 Å². The first-order chi connectivity index (χ1) is 14.9. The average molecular weight is 453 g/mol. The van der Waals surface area contributed by atoms with Crippen LogP contribution >= 0.6 is 11.3 Å². The fraction of sp³-hybridized carbons (Fsp3) is 0.130. The molecule has 1 atom stereocenters. The van der Waals surface area contributed by atoms with Gasteiger partial charge in [0.05, 0.1) is 5.75 Å². The summed E-state index contributed by atoms with van der Waals surface area (Å²) in [7, 11) is -3.99. The number of sulfonamides is 1. The van der Waals surface area contributed by atoms with Gasteiger partial charge >= 0.3 is 5.97 Å². The maximum atomic E-state index is 13.5. The number of carbonyl (C=O) groups is 1. The van der Waals surface area contributed by atoms with Crippen molar-refractivity contribution in [2.45, 2.75) is 18.3 Å². The summed E-state index contributed by atoms with van der Waals surface area (Å²) >= 11 is 1.58. The molecule has 6 nitrogen and oxygen atoms in total. The highest BCUT2D eigenvalue weighted by atomic mass is 32.2. The zero-order valence-corrected chi connectivity index (χ0v) is 18.1. The molecule has 0 fully saturated rings. The second kappa shape index (κ2) is 8.97. The van der Waals surface area contributed by atoms with E-state index in [1.54, 1.807) is 72.3 Å². The highest BCUT2D eigenvalue weighted by Crippen LogP contribution is 2.29. The van der Waals surface area contributed by atoms with Gasteiger partial charge in [0.25, 0.3) is 0 Å². The first kappa shape index (κ1) is 21.2. The van der Waals surface area contributed by atoms with Crippen molar-refractivity contribution >= 4 is 37.4 Å². The molecule has 0 amide bonds. The van der Waals surface area contributed by atoms with E-state index in [0.29, 0.717) is 16.7 Å². The fourth-order valence-corrected chi connectivity index (χ4v) is 5.91. The molecule has 0 aliphatic rings. The van der Waals surface area contributed by atoms with Crippen LogP contribution in [0.15, 0.2) is 84.5 Å². The van der Waals surface area contributed by atoms with Crippen LogP contribution in [0.2, 0.25) is 0 Å². The predicted octanol–water partition coefficient (Wildman–Crippen LogP) is 4.45. The first-order valence-electron chi connectivity index (χ1n) is 9.56. The molecule has 31 heavy (non-hydrogen) atoms. The van der Waals surface area contributed by atoms with Crippen LogP contribution in [0, 0.1) is 0 Å². The number of benzene rings is 2. The molecule has 158 valence electrons. The Bertz CT molecular complexity index is 1290. The largest absolute Gasteiger partial charge is 0.480 e. The van der Waals surface area contributed by atoms with Gasteiger partial charge in [0.15, 0.2) is 0 Å². The predicted molar refractivity (Wildman–Crippen MR) is 121 cm³/mol.